The van der Waals surface area contributed by atoms with E-state index in [1.807, 2.05) is 66.7 Å². The Bertz CT molecular complexity index is 1630. The third-order valence-electron chi connectivity index (χ3n) is 5.85. The van der Waals surface area contributed by atoms with Gasteiger partial charge in [0.05, 0.1) is 41.6 Å². The van der Waals surface area contributed by atoms with Gasteiger partial charge in [-0.2, -0.15) is 0 Å². The molecule has 1 amide bonds. The van der Waals surface area contributed by atoms with E-state index in [-0.39, 0.29) is 11.7 Å². The molecule has 5 aromatic rings. The fourth-order valence-corrected chi connectivity index (χ4v) is 4.95. The van der Waals surface area contributed by atoms with Crippen molar-refractivity contribution in [1.29, 1.82) is 0 Å². The molecule has 1 N–H and O–H groups in total. The first-order valence-electron chi connectivity index (χ1n) is 11.5. The lowest BCUT2D eigenvalue weighted by atomic mass is 10.0. The zero-order chi connectivity index (χ0) is 25.9. The van der Waals surface area contributed by atoms with Gasteiger partial charge < -0.3 is 9.47 Å². The molecule has 8 heteroatoms. The van der Waals surface area contributed by atoms with Crippen LogP contribution in [0.1, 0.15) is 27.0 Å². The number of aromatic nitrogens is 2. The molecular weight excluding hydrogens is 486 g/mol. The molecule has 2 aromatic heterocycles. The summed E-state index contributed by atoms with van der Waals surface area (Å²) in [4.78, 5) is 35.7. The molecule has 184 valence electrons. The fraction of sp³-hybridized carbons (Fsp3) is 0.103. The molecule has 0 aliphatic rings. The van der Waals surface area contributed by atoms with Crippen molar-refractivity contribution in [2.75, 3.05) is 19.5 Å². The van der Waals surface area contributed by atoms with Gasteiger partial charge in [0.15, 0.2) is 22.4 Å². The Morgan fingerprint density at radius 1 is 0.811 bits per heavy atom. The maximum Gasteiger partial charge on any atom is 0.258 e. The molecule has 0 fully saturated rings. The van der Waals surface area contributed by atoms with Gasteiger partial charge in [0.1, 0.15) is 0 Å². The second-order valence-corrected chi connectivity index (χ2v) is 9.21. The fourth-order valence-electron chi connectivity index (χ4n) is 4.08. The number of ketones is 1. The van der Waals surface area contributed by atoms with Crippen molar-refractivity contribution in [3.63, 3.8) is 0 Å². The number of hydrogen-bond acceptors (Lipinski definition) is 7. The smallest absolute Gasteiger partial charge is 0.258 e. The minimum absolute atomic E-state index is 0.109. The van der Waals surface area contributed by atoms with Crippen LogP contribution in [0, 0.1) is 0 Å². The number of fused-ring (bicyclic) bond motifs is 1. The van der Waals surface area contributed by atoms with Gasteiger partial charge in [0.2, 0.25) is 0 Å². The predicted molar refractivity (Wildman–Crippen MR) is 146 cm³/mol. The van der Waals surface area contributed by atoms with Crippen LogP contribution in [0.4, 0.5) is 5.13 Å². The quantitative estimate of drug-likeness (QED) is 0.252. The number of benzene rings is 3. The number of hydrogen-bond donors (Lipinski definition) is 1. The number of Topliss-reactive ketones (excluding diaryl/α,β-unsaturated/α-hetero) is 1. The molecule has 0 saturated heterocycles. The minimum atomic E-state index is -0.344. The molecule has 5 rings (SSSR count). The Balaban J connectivity index is 1.56. The summed E-state index contributed by atoms with van der Waals surface area (Å²) in [7, 11) is 3.15. The molecule has 3 aromatic carbocycles. The number of nitrogens with one attached hydrogen (secondary N) is 1. The van der Waals surface area contributed by atoms with E-state index in [1.54, 1.807) is 26.4 Å². The average molecular weight is 510 g/mol. The summed E-state index contributed by atoms with van der Waals surface area (Å²) in [6.45, 7) is 1.50. The number of methoxy groups -OCH3 is 2. The Labute approximate surface area is 217 Å². The second-order valence-electron chi connectivity index (χ2n) is 8.22. The Morgan fingerprint density at radius 3 is 2.27 bits per heavy atom. The lowest BCUT2D eigenvalue weighted by Crippen LogP contribution is -2.13. The van der Waals surface area contributed by atoms with Crippen molar-refractivity contribution in [2.24, 2.45) is 0 Å². The number of carbonyl (C=O) groups excluding carboxylic acids is 2. The van der Waals surface area contributed by atoms with Crippen LogP contribution in [0.5, 0.6) is 11.5 Å². The number of pyridine rings is 1. The van der Waals surface area contributed by atoms with Crippen molar-refractivity contribution in [1.82, 2.24) is 9.97 Å². The standard InChI is InChI=1S/C29H23N3O4S/c1-17(33)27-26(18-9-5-4-6-10-18)31-29(37-27)32-28(34)21-16-23(30-22-12-8-7-11-20(21)22)19-13-14-24(35-2)25(15-19)36-3/h4-16H,1-3H3,(H,31,32,34). The topological polar surface area (TPSA) is 90.4 Å². The van der Waals surface area contributed by atoms with E-state index >= 15 is 0 Å². The summed E-state index contributed by atoms with van der Waals surface area (Å²) in [6.07, 6.45) is 0. The molecule has 0 saturated carbocycles. The van der Waals surface area contributed by atoms with Gasteiger partial charge in [-0.15, -0.1) is 0 Å². The van der Waals surface area contributed by atoms with Crippen LogP contribution in [-0.2, 0) is 0 Å². The van der Waals surface area contributed by atoms with Crippen molar-refractivity contribution in [3.05, 3.63) is 89.3 Å². The van der Waals surface area contributed by atoms with Gasteiger partial charge in [0.25, 0.3) is 5.91 Å². The lowest BCUT2D eigenvalue weighted by molar-refractivity contribution is 0.101. The maximum absolute atomic E-state index is 13.6. The highest BCUT2D eigenvalue weighted by Crippen LogP contribution is 2.34. The van der Waals surface area contributed by atoms with Gasteiger partial charge in [-0.25, -0.2) is 9.97 Å². The van der Waals surface area contributed by atoms with E-state index < -0.39 is 0 Å². The van der Waals surface area contributed by atoms with Crippen molar-refractivity contribution < 1.29 is 19.1 Å². The van der Waals surface area contributed by atoms with Crippen LogP contribution in [0.3, 0.4) is 0 Å². The third-order valence-corrected chi connectivity index (χ3v) is 6.93. The summed E-state index contributed by atoms with van der Waals surface area (Å²) >= 11 is 1.16. The number of ether oxygens (including phenoxy) is 2. The molecule has 0 aliphatic heterocycles. The molecule has 0 aliphatic carbocycles. The van der Waals surface area contributed by atoms with Crippen molar-refractivity contribution in [3.8, 4) is 34.0 Å². The summed E-state index contributed by atoms with van der Waals surface area (Å²) in [5.41, 5.74) is 3.87. The first-order chi connectivity index (χ1) is 18.0. The normalized spacial score (nSPS) is 10.8. The van der Waals surface area contributed by atoms with E-state index in [2.05, 4.69) is 10.3 Å². The number of amides is 1. The molecule has 7 nitrogen and oxygen atoms in total. The first-order valence-corrected chi connectivity index (χ1v) is 12.3. The number of para-hydroxylation sites is 1. The van der Waals surface area contributed by atoms with Gasteiger partial charge in [0, 0.05) is 23.4 Å². The van der Waals surface area contributed by atoms with Crippen molar-refractivity contribution >= 4 is 39.1 Å². The molecule has 2 heterocycles. The van der Waals surface area contributed by atoms with Gasteiger partial charge >= 0.3 is 0 Å². The van der Waals surface area contributed by atoms with Crippen molar-refractivity contribution in [2.45, 2.75) is 6.92 Å². The molecule has 0 atom stereocenters. The van der Waals surface area contributed by atoms with E-state index in [4.69, 9.17) is 14.5 Å². The number of anilines is 1. The second kappa shape index (κ2) is 10.2. The summed E-state index contributed by atoms with van der Waals surface area (Å²) in [6, 6.07) is 24.1. The highest BCUT2D eigenvalue weighted by Gasteiger charge is 2.20. The van der Waals surface area contributed by atoms with E-state index in [1.165, 1.54) is 6.92 Å². The zero-order valence-electron chi connectivity index (χ0n) is 20.4. The SMILES string of the molecule is COc1ccc(-c2cc(C(=O)Nc3nc(-c4ccccc4)c(C(C)=O)s3)c3ccccc3n2)cc1OC. The maximum atomic E-state index is 13.6. The molecule has 37 heavy (non-hydrogen) atoms. The summed E-state index contributed by atoms with van der Waals surface area (Å²) < 4.78 is 10.8. The number of carbonyl (C=O) groups is 2. The van der Waals surface area contributed by atoms with E-state index in [9.17, 15) is 9.59 Å². The number of nitrogens with zero attached hydrogens (tertiary/aromatic N) is 2. The van der Waals surface area contributed by atoms with Gasteiger partial charge in [-0.3, -0.25) is 14.9 Å². The number of thiazole rings is 1. The zero-order valence-corrected chi connectivity index (χ0v) is 21.3. The van der Waals surface area contributed by atoms with E-state index in [0.29, 0.717) is 49.4 Å². The first kappa shape index (κ1) is 24.1. The predicted octanol–water partition coefficient (Wildman–Crippen LogP) is 6.50. The van der Waals surface area contributed by atoms with Gasteiger partial charge in [-0.05, 0) is 30.3 Å². The Kier molecular flexibility index (Phi) is 6.66. The third kappa shape index (κ3) is 4.79. The van der Waals surface area contributed by atoms with Crippen LogP contribution in [0.2, 0.25) is 0 Å². The highest BCUT2D eigenvalue weighted by molar-refractivity contribution is 7.18. The Morgan fingerprint density at radius 2 is 1.54 bits per heavy atom. The van der Waals surface area contributed by atoms with E-state index in [0.717, 1.165) is 22.5 Å². The molecule has 0 radical (unpaired) electrons. The lowest BCUT2D eigenvalue weighted by Gasteiger charge is -2.12. The molecule has 0 bridgehead atoms. The van der Waals surface area contributed by atoms with Crippen LogP contribution in [-0.4, -0.2) is 35.9 Å². The van der Waals surface area contributed by atoms with Crippen LogP contribution in [0.25, 0.3) is 33.4 Å². The highest BCUT2D eigenvalue weighted by atomic mass is 32.1. The van der Waals surface area contributed by atoms with Crippen LogP contribution in [0.15, 0.2) is 78.9 Å². The van der Waals surface area contributed by atoms with Gasteiger partial charge in [-0.1, -0.05) is 59.9 Å². The summed E-state index contributed by atoms with van der Waals surface area (Å²) in [5, 5.41) is 3.95. The monoisotopic (exact) mass is 509 g/mol. The van der Waals surface area contributed by atoms with Crippen LogP contribution < -0.4 is 14.8 Å². The summed E-state index contributed by atoms with van der Waals surface area (Å²) in [5.74, 6) is 0.712. The van der Waals surface area contributed by atoms with Crippen LogP contribution >= 0.6 is 11.3 Å². The molecule has 0 unspecified atom stereocenters. The molecular formula is C29H23N3O4S. The average Bonchev–Trinajstić information content (AvgIpc) is 3.36. The number of rotatable bonds is 7. The Hall–Kier alpha value is -4.56. The minimum Gasteiger partial charge on any atom is -0.493 e. The largest absolute Gasteiger partial charge is 0.493 e. The molecule has 0 spiro atoms.